The van der Waals surface area contributed by atoms with E-state index in [-0.39, 0.29) is 5.56 Å². The molecule has 108 valence electrons. The first kappa shape index (κ1) is 14.9. The van der Waals surface area contributed by atoms with Crippen LogP contribution in [0.5, 0.6) is 0 Å². The van der Waals surface area contributed by atoms with Crippen molar-refractivity contribution in [3.8, 4) is 0 Å². The molecule has 6 heteroatoms. The van der Waals surface area contributed by atoms with Crippen molar-refractivity contribution >= 4 is 11.6 Å². The molecule has 1 unspecified atom stereocenters. The van der Waals surface area contributed by atoms with Gasteiger partial charge >= 0.3 is 0 Å². The zero-order valence-corrected chi connectivity index (χ0v) is 12.1. The SMILES string of the molecule is CCNC(c1cccc(F)c1F)c1c(Cl)cnn1CC. The molecule has 20 heavy (non-hydrogen) atoms. The summed E-state index contributed by atoms with van der Waals surface area (Å²) in [6.45, 7) is 5.00. The van der Waals surface area contributed by atoms with E-state index in [1.165, 1.54) is 12.3 Å². The topological polar surface area (TPSA) is 29.9 Å². The van der Waals surface area contributed by atoms with Crippen LogP contribution in [0.25, 0.3) is 0 Å². The Balaban J connectivity index is 2.56. The van der Waals surface area contributed by atoms with Crippen molar-refractivity contribution in [2.24, 2.45) is 0 Å². The van der Waals surface area contributed by atoms with Crippen molar-refractivity contribution in [1.29, 1.82) is 0 Å². The van der Waals surface area contributed by atoms with Gasteiger partial charge in [-0.15, -0.1) is 0 Å². The summed E-state index contributed by atoms with van der Waals surface area (Å²) in [4.78, 5) is 0. The summed E-state index contributed by atoms with van der Waals surface area (Å²) in [6.07, 6.45) is 1.52. The highest BCUT2D eigenvalue weighted by Gasteiger charge is 2.24. The molecule has 1 atom stereocenters. The highest BCUT2D eigenvalue weighted by atomic mass is 35.5. The summed E-state index contributed by atoms with van der Waals surface area (Å²) in [7, 11) is 0. The lowest BCUT2D eigenvalue weighted by atomic mass is 10.0. The molecular formula is C14H16ClF2N3. The number of benzene rings is 1. The summed E-state index contributed by atoms with van der Waals surface area (Å²) in [6, 6.07) is 3.60. The molecule has 0 spiro atoms. The van der Waals surface area contributed by atoms with Gasteiger partial charge in [0.05, 0.1) is 23.0 Å². The molecule has 3 nitrogen and oxygen atoms in total. The molecule has 0 radical (unpaired) electrons. The van der Waals surface area contributed by atoms with Crippen LogP contribution in [0.1, 0.15) is 31.1 Å². The number of aryl methyl sites for hydroxylation is 1. The average Bonchev–Trinajstić information content (AvgIpc) is 2.81. The molecule has 0 amide bonds. The number of rotatable bonds is 5. The molecule has 1 heterocycles. The first-order valence-electron chi connectivity index (χ1n) is 6.48. The minimum absolute atomic E-state index is 0.226. The highest BCUT2D eigenvalue weighted by molar-refractivity contribution is 6.31. The van der Waals surface area contributed by atoms with Crippen LogP contribution in [0.15, 0.2) is 24.4 Å². The molecule has 0 bridgehead atoms. The fourth-order valence-corrected chi connectivity index (χ4v) is 2.46. The highest BCUT2D eigenvalue weighted by Crippen LogP contribution is 2.30. The van der Waals surface area contributed by atoms with E-state index in [1.807, 2.05) is 13.8 Å². The number of hydrogen-bond acceptors (Lipinski definition) is 2. The first-order chi connectivity index (χ1) is 9.60. The third-order valence-corrected chi connectivity index (χ3v) is 3.40. The van der Waals surface area contributed by atoms with Gasteiger partial charge in [0.1, 0.15) is 0 Å². The quantitative estimate of drug-likeness (QED) is 0.915. The minimum Gasteiger partial charge on any atom is -0.305 e. The van der Waals surface area contributed by atoms with E-state index < -0.39 is 17.7 Å². The van der Waals surface area contributed by atoms with Gasteiger partial charge in [-0.25, -0.2) is 8.78 Å². The Labute approximate surface area is 121 Å². The van der Waals surface area contributed by atoms with E-state index in [4.69, 9.17) is 11.6 Å². The van der Waals surface area contributed by atoms with Crippen LogP contribution in [-0.2, 0) is 6.54 Å². The van der Waals surface area contributed by atoms with Gasteiger partial charge in [0.15, 0.2) is 11.6 Å². The zero-order chi connectivity index (χ0) is 14.7. The Morgan fingerprint density at radius 2 is 2.10 bits per heavy atom. The Morgan fingerprint density at radius 1 is 1.35 bits per heavy atom. The van der Waals surface area contributed by atoms with Crippen LogP contribution in [-0.4, -0.2) is 16.3 Å². The summed E-state index contributed by atoms with van der Waals surface area (Å²) in [5, 5.41) is 7.71. The second-order valence-electron chi connectivity index (χ2n) is 4.33. The van der Waals surface area contributed by atoms with E-state index >= 15 is 0 Å². The fraction of sp³-hybridized carbons (Fsp3) is 0.357. The second-order valence-corrected chi connectivity index (χ2v) is 4.73. The summed E-state index contributed by atoms with van der Waals surface area (Å²) >= 11 is 6.16. The summed E-state index contributed by atoms with van der Waals surface area (Å²) in [5.41, 5.74) is 0.865. The van der Waals surface area contributed by atoms with Crippen LogP contribution < -0.4 is 5.32 Å². The lowest BCUT2D eigenvalue weighted by Gasteiger charge is -2.21. The normalized spacial score (nSPS) is 12.7. The Hall–Kier alpha value is -1.46. The molecular weight excluding hydrogens is 284 g/mol. The predicted molar refractivity (Wildman–Crippen MR) is 74.8 cm³/mol. The van der Waals surface area contributed by atoms with Crippen LogP contribution in [0, 0.1) is 11.6 Å². The molecule has 0 aliphatic carbocycles. The van der Waals surface area contributed by atoms with Crippen molar-refractivity contribution in [3.05, 3.63) is 52.3 Å². The molecule has 1 aromatic heterocycles. The van der Waals surface area contributed by atoms with Gasteiger partial charge in [0.2, 0.25) is 0 Å². The van der Waals surface area contributed by atoms with Crippen molar-refractivity contribution in [3.63, 3.8) is 0 Å². The van der Waals surface area contributed by atoms with E-state index in [0.717, 1.165) is 6.07 Å². The maximum Gasteiger partial charge on any atom is 0.163 e. The number of nitrogens with zero attached hydrogens (tertiary/aromatic N) is 2. The predicted octanol–water partition coefficient (Wildman–Crippen LogP) is 3.53. The average molecular weight is 300 g/mol. The number of hydrogen-bond donors (Lipinski definition) is 1. The van der Waals surface area contributed by atoms with Gasteiger partial charge in [0.25, 0.3) is 0 Å². The van der Waals surface area contributed by atoms with Crippen molar-refractivity contribution in [2.75, 3.05) is 6.54 Å². The third kappa shape index (κ3) is 2.69. The lowest BCUT2D eigenvalue weighted by Crippen LogP contribution is -2.26. The van der Waals surface area contributed by atoms with E-state index in [1.54, 1.807) is 10.7 Å². The standard InChI is InChI=1S/C14H16ClF2N3/c1-3-18-13(9-6-5-7-11(16)12(9)17)14-10(15)8-19-20(14)4-2/h5-8,13,18H,3-4H2,1-2H3. The van der Waals surface area contributed by atoms with Gasteiger partial charge in [-0.3, -0.25) is 4.68 Å². The van der Waals surface area contributed by atoms with Crippen LogP contribution >= 0.6 is 11.6 Å². The van der Waals surface area contributed by atoms with Crippen molar-refractivity contribution in [2.45, 2.75) is 26.4 Å². The van der Waals surface area contributed by atoms with Gasteiger partial charge in [-0.1, -0.05) is 30.7 Å². The van der Waals surface area contributed by atoms with Gasteiger partial charge in [-0.2, -0.15) is 5.10 Å². The second kappa shape index (κ2) is 6.33. The van der Waals surface area contributed by atoms with Crippen molar-refractivity contribution in [1.82, 2.24) is 15.1 Å². The van der Waals surface area contributed by atoms with E-state index in [0.29, 0.717) is 23.8 Å². The zero-order valence-electron chi connectivity index (χ0n) is 11.3. The number of nitrogens with one attached hydrogen (secondary N) is 1. The maximum absolute atomic E-state index is 14.0. The largest absolute Gasteiger partial charge is 0.305 e. The molecule has 0 aliphatic heterocycles. The molecule has 1 aromatic carbocycles. The van der Waals surface area contributed by atoms with Crippen LogP contribution in [0.4, 0.5) is 8.78 Å². The van der Waals surface area contributed by atoms with Crippen LogP contribution in [0.2, 0.25) is 5.02 Å². The van der Waals surface area contributed by atoms with E-state index in [2.05, 4.69) is 10.4 Å². The molecule has 0 fully saturated rings. The van der Waals surface area contributed by atoms with Gasteiger partial charge in [0, 0.05) is 12.1 Å². The summed E-state index contributed by atoms with van der Waals surface area (Å²) < 4.78 is 29.2. The minimum atomic E-state index is -0.871. The molecule has 0 aliphatic rings. The first-order valence-corrected chi connectivity index (χ1v) is 6.86. The monoisotopic (exact) mass is 299 g/mol. The van der Waals surface area contributed by atoms with Gasteiger partial charge in [-0.05, 0) is 19.5 Å². The number of aromatic nitrogens is 2. The molecule has 0 saturated carbocycles. The summed E-state index contributed by atoms with van der Waals surface area (Å²) in [5.74, 6) is -1.73. The Bertz CT molecular complexity index is 598. The smallest absolute Gasteiger partial charge is 0.163 e. The number of halogens is 3. The lowest BCUT2D eigenvalue weighted by molar-refractivity contribution is 0.471. The van der Waals surface area contributed by atoms with E-state index in [9.17, 15) is 8.78 Å². The maximum atomic E-state index is 14.0. The molecule has 1 N–H and O–H groups in total. The molecule has 2 aromatic rings. The molecule has 0 saturated heterocycles. The molecule has 2 rings (SSSR count). The van der Waals surface area contributed by atoms with Gasteiger partial charge < -0.3 is 5.32 Å². The van der Waals surface area contributed by atoms with Crippen molar-refractivity contribution < 1.29 is 8.78 Å². The third-order valence-electron chi connectivity index (χ3n) is 3.11. The fourth-order valence-electron chi connectivity index (χ4n) is 2.21. The Morgan fingerprint density at radius 3 is 2.75 bits per heavy atom. The van der Waals surface area contributed by atoms with Crippen LogP contribution in [0.3, 0.4) is 0 Å². The Kier molecular flexibility index (Phi) is 4.73.